The van der Waals surface area contributed by atoms with Gasteiger partial charge in [0.1, 0.15) is 11.6 Å². The maximum absolute atomic E-state index is 13.2. The van der Waals surface area contributed by atoms with Gasteiger partial charge in [0, 0.05) is 25.2 Å². The van der Waals surface area contributed by atoms with Gasteiger partial charge >= 0.3 is 0 Å². The van der Waals surface area contributed by atoms with Gasteiger partial charge in [-0.05, 0) is 49.3 Å². The average Bonchev–Trinajstić information content (AvgIpc) is 3.14. The van der Waals surface area contributed by atoms with Crippen molar-refractivity contribution in [2.75, 3.05) is 7.05 Å². The molecule has 0 aromatic heterocycles. The predicted molar refractivity (Wildman–Crippen MR) is 74.8 cm³/mol. The molecule has 1 aromatic rings. The van der Waals surface area contributed by atoms with Gasteiger partial charge in [-0.3, -0.25) is 4.99 Å². The summed E-state index contributed by atoms with van der Waals surface area (Å²) >= 11 is 0. The molecule has 1 aromatic carbocycles. The van der Waals surface area contributed by atoms with Crippen molar-refractivity contribution >= 4 is 5.96 Å². The first-order valence-electron chi connectivity index (χ1n) is 7.10. The Labute approximate surface area is 117 Å². The van der Waals surface area contributed by atoms with Crippen molar-refractivity contribution in [2.45, 2.75) is 43.7 Å². The van der Waals surface area contributed by atoms with Crippen LogP contribution in [0.15, 0.2) is 23.2 Å². The second-order valence-electron chi connectivity index (χ2n) is 5.70. The van der Waals surface area contributed by atoms with Gasteiger partial charge < -0.3 is 10.6 Å². The van der Waals surface area contributed by atoms with E-state index in [4.69, 9.17) is 0 Å². The van der Waals surface area contributed by atoms with Crippen LogP contribution in [0, 0.1) is 11.6 Å². The molecule has 0 bridgehead atoms. The molecule has 2 N–H and O–H groups in total. The van der Waals surface area contributed by atoms with Crippen LogP contribution in [0.1, 0.15) is 37.2 Å². The molecule has 3 rings (SSSR count). The van der Waals surface area contributed by atoms with E-state index >= 15 is 0 Å². The zero-order chi connectivity index (χ0) is 14.1. The smallest absolute Gasteiger partial charge is 0.191 e. The SMILES string of the molecule is CN=C(NC1CC1)NC1CC(c2cc(F)cc(F)c2)C1. The lowest BCUT2D eigenvalue weighted by molar-refractivity contribution is 0.320. The number of halogens is 2. The van der Waals surface area contributed by atoms with E-state index in [1.54, 1.807) is 7.05 Å². The Morgan fingerprint density at radius 3 is 2.20 bits per heavy atom. The van der Waals surface area contributed by atoms with Crippen molar-refractivity contribution in [1.29, 1.82) is 0 Å². The van der Waals surface area contributed by atoms with Crippen LogP contribution in [0.5, 0.6) is 0 Å². The molecule has 0 spiro atoms. The summed E-state index contributed by atoms with van der Waals surface area (Å²) in [6.45, 7) is 0. The van der Waals surface area contributed by atoms with Gasteiger partial charge in [-0.15, -0.1) is 0 Å². The molecule has 5 heteroatoms. The van der Waals surface area contributed by atoms with Gasteiger partial charge in [0.15, 0.2) is 5.96 Å². The van der Waals surface area contributed by atoms with E-state index < -0.39 is 11.6 Å². The van der Waals surface area contributed by atoms with Crippen LogP contribution in [-0.2, 0) is 0 Å². The number of rotatable bonds is 3. The third kappa shape index (κ3) is 3.08. The van der Waals surface area contributed by atoms with E-state index in [9.17, 15) is 8.78 Å². The summed E-state index contributed by atoms with van der Waals surface area (Å²) in [6, 6.07) is 4.67. The van der Waals surface area contributed by atoms with Crippen LogP contribution >= 0.6 is 0 Å². The first-order valence-corrected chi connectivity index (χ1v) is 7.10. The highest BCUT2D eigenvalue weighted by molar-refractivity contribution is 5.80. The van der Waals surface area contributed by atoms with Crippen molar-refractivity contribution in [1.82, 2.24) is 10.6 Å². The average molecular weight is 279 g/mol. The molecule has 20 heavy (non-hydrogen) atoms. The molecule has 2 saturated carbocycles. The zero-order valence-corrected chi connectivity index (χ0v) is 11.5. The Hall–Kier alpha value is -1.65. The Morgan fingerprint density at radius 1 is 1.05 bits per heavy atom. The fourth-order valence-corrected chi connectivity index (χ4v) is 2.60. The number of benzene rings is 1. The maximum Gasteiger partial charge on any atom is 0.191 e. The molecule has 0 amide bonds. The number of aliphatic imine (C=N–C) groups is 1. The van der Waals surface area contributed by atoms with Crippen molar-refractivity contribution in [3.8, 4) is 0 Å². The van der Waals surface area contributed by atoms with E-state index in [0.717, 1.165) is 30.4 Å². The highest BCUT2D eigenvalue weighted by Gasteiger charge is 2.32. The lowest BCUT2D eigenvalue weighted by Crippen LogP contribution is -2.49. The number of hydrogen-bond acceptors (Lipinski definition) is 1. The third-order valence-corrected chi connectivity index (χ3v) is 3.98. The van der Waals surface area contributed by atoms with Gasteiger partial charge in [0.05, 0.1) is 0 Å². The van der Waals surface area contributed by atoms with E-state index in [1.807, 2.05) is 0 Å². The highest BCUT2D eigenvalue weighted by atomic mass is 19.1. The minimum absolute atomic E-state index is 0.233. The second-order valence-corrected chi connectivity index (χ2v) is 5.70. The number of nitrogens with zero attached hydrogens (tertiary/aromatic N) is 1. The molecule has 0 atom stereocenters. The Bertz CT molecular complexity index is 500. The number of nitrogens with one attached hydrogen (secondary N) is 2. The molecule has 108 valence electrons. The van der Waals surface area contributed by atoms with Crippen LogP contribution in [0.4, 0.5) is 8.78 Å². The summed E-state index contributed by atoms with van der Waals surface area (Å²) in [5.74, 6) is 0.0725. The topological polar surface area (TPSA) is 36.4 Å². The monoisotopic (exact) mass is 279 g/mol. The maximum atomic E-state index is 13.2. The Morgan fingerprint density at radius 2 is 1.65 bits per heavy atom. The number of guanidine groups is 1. The van der Waals surface area contributed by atoms with Crippen molar-refractivity contribution < 1.29 is 8.78 Å². The lowest BCUT2D eigenvalue weighted by atomic mass is 9.76. The van der Waals surface area contributed by atoms with Crippen LogP contribution in [-0.4, -0.2) is 25.1 Å². The van der Waals surface area contributed by atoms with Gasteiger partial charge in [-0.1, -0.05) is 0 Å². The van der Waals surface area contributed by atoms with Crippen molar-refractivity contribution in [3.05, 3.63) is 35.4 Å². The minimum atomic E-state index is -0.498. The van der Waals surface area contributed by atoms with E-state index in [1.165, 1.54) is 25.0 Å². The largest absolute Gasteiger partial charge is 0.354 e. The van der Waals surface area contributed by atoms with E-state index in [2.05, 4.69) is 15.6 Å². The molecular formula is C15H19F2N3. The van der Waals surface area contributed by atoms with Gasteiger partial charge in [-0.2, -0.15) is 0 Å². The normalized spacial score (nSPS) is 26.1. The summed E-state index contributed by atoms with van der Waals surface area (Å²) in [5.41, 5.74) is 0.755. The number of hydrogen-bond donors (Lipinski definition) is 2. The summed E-state index contributed by atoms with van der Waals surface area (Å²) in [5, 5.41) is 6.69. The van der Waals surface area contributed by atoms with E-state index in [0.29, 0.717) is 12.1 Å². The molecule has 0 unspecified atom stereocenters. The first-order chi connectivity index (χ1) is 9.64. The van der Waals surface area contributed by atoms with Crippen LogP contribution in [0.2, 0.25) is 0 Å². The van der Waals surface area contributed by atoms with Crippen molar-refractivity contribution in [3.63, 3.8) is 0 Å². The van der Waals surface area contributed by atoms with E-state index in [-0.39, 0.29) is 5.92 Å². The zero-order valence-electron chi connectivity index (χ0n) is 11.5. The van der Waals surface area contributed by atoms with Crippen LogP contribution in [0.25, 0.3) is 0 Å². The fraction of sp³-hybridized carbons (Fsp3) is 0.533. The molecule has 0 saturated heterocycles. The first kappa shape index (κ1) is 13.3. The quantitative estimate of drug-likeness (QED) is 0.659. The van der Waals surface area contributed by atoms with Gasteiger partial charge in [0.2, 0.25) is 0 Å². The molecule has 3 nitrogen and oxygen atoms in total. The minimum Gasteiger partial charge on any atom is -0.354 e. The van der Waals surface area contributed by atoms with Crippen LogP contribution < -0.4 is 10.6 Å². The summed E-state index contributed by atoms with van der Waals surface area (Å²) in [4.78, 5) is 4.19. The standard InChI is InChI=1S/C15H19F2N3/c1-18-15(19-13-2-3-13)20-14-6-10(7-14)9-4-11(16)8-12(17)5-9/h4-5,8,10,13-14H,2-3,6-7H2,1H3,(H2,18,19,20). The van der Waals surface area contributed by atoms with Gasteiger partial charge in [0.25, 0.3) is 0 Å². The van der Waals surface area contributed by atoms with Crippen LogP contribution in [0.3, 0.4) is 0 Å². The molecule has 0 radical (unpaired) electrons. The molecular weight excluding hydrogens is 260 g/mol. The summed E-state index contributed by atoms with van der Waals surface area (Å²) in [6.07, 6.45) is 4.18. The summed E-state index contributed by atoms with van der Waals surface area (Å²) in [7, 11) is 1.76. The highest BCUT2D eigenvalue weighted by Crippen LogP contribution is 2.37. The molecule has 0 heterocycles. The lowest BCUT2D eigenvalue weighted by Gasteiger charge is -2.37. The second kappa shape index (κ2) is 5.38. The van der Waals surface area contributed by atoms with Gasteiger partial charge in [-0.25, -0.2) is 8.78 Å². The predicted octanol–water partition coefficient (Wildman–Crippen LogP) is 2.54. The molecule has 0 aliphatic heterocycles. The fourth-order valence-electron chi connectivity index (χ4n) is 2.60. The molecule has 2 fully saturated rings. The van der Waals surface area contributed by atoms with Crippen molar-refractivity contribution in [2.24, 2.45) is 4.99 Å². The summed E-state index contributed by atoms with van der Waals surface area (Å²) < 4.78 is 26.4. The Balaban J connectivity index is 1.52. The Kier molecular flexibility index (Phi) is 3.59. The molecule has 2 aliphatic carbocycles. The third-order valence-electron chi connectivity index (χ3n) is 3.98. The molecule has 2 aliphatic rings.